The minimum Gasteiger partial charge on any atom is -0.508 e. The highest BCUT2D eigenvalue weighted by atomic mass is 19.1. The molecule has 284 valence electrons. The summed E-state index contributed by atoms with van der Waals surface area (Å²) in [5, 5.41) is 20.6. The van der Waals surface area contributed by atoms with Crippen molar-refractivity contribution in [2.45, 2.75) is 88.8 Å². The molecule has 0 radical (unpaired) electrons. The molecular weight excluding hydrogens is 692 g/mol. The Kier molecular flexibility index (Phi) is 8.03. The molecule has 0 saturated carbocycles. The predicted molar refractivity (Wildman–Crippen MR) is 199 cm³/mol. The number of aromatic hydroxyl groups is 1. The van der Waals surface area contributed by atoms with Crippen LogP contribution in [-0.2, 0) is 32.5 Å². The Labute approximate surface area is 313 Å². The van der Waals surface area contributed by atoms with Crippen molar-refractivity contribution in [1.82, 2.24) is 34.9 Å². The Morgan fingerprint density at radius 1 is 1.06 bits per heavy atom. The molecule has 1 spiro atoms. The summed E-state index contributed by atoms with van der Waals surface area (Å²) in [6.07, 6.45) is 4.55. The molecule has 2 aromatic heterocycles. The van der Waals surface area contributed by atoms with Gasteiger partial charge in [0, 0.05) is 68.4 Å². The zero-order valence-corrected chi connectivity index (χ0v) is 30.8. The maximum absolute atomic E-state index is 15.2. The highest BCUT2D eigenvalue weighted by Gasteiger charge is 2.50. The average Bonchev–Trinajstić information content (AvgIpc) is 3.75. The first-order chi connectivity index (χ1) is 26.2. The maximum Gasteiger partial charge on any atom is 0.318 e. The number of benzene rings is 2. The lowest BCUT2D eigenvalue weighted by molar-refractivity contribution is 0.000640. The Bertz CT molecular complexity index is 2150. The van der Waals surface area contributed by atoms with E-state index in [2.05, 4.69) is 20.0 Å². The topological polar surface area (TPSA) is 115 Å². The van der Waals surface area contributed by atoms with Crippen molar-refractivity contribution in [2.24, 2.45) is 0 Å². The number of fused-ring (bicyclic) bond motifs is 4. The molecule has 2 aromatic carbocycles. The fraction of sp³-hybridized carbons (Fsp3) is 0.550. The molecule has 14 heteroatoms. The Morgan fingerprint density at radius 3 is 2.74 bits per heavy atom. The van der Waals surface area contributed by atoms with Crippen LogP contribution in [0.2, 0.25) is 0 Å². The van der Waals surface area contributed by atoms with Crippen molar-refractivity contribution in [3.8, 4) is 11.8 Å². The number of nitrogens with zero attached hydrogens (tertiary/aromatic N) is 8. The standard InChI is InChI=1S/C40H47F2N9O3/c1-2-29-31(42)6-5-25-15-28(52)17-34(35(25)29)47-14-7-30-33(21-47)44-38(54-24-40-8-3-12-50(40)19-26(41)18-40)45-36(30)48-11-4-13-51-27(20-48)16-32(46-51)37(53)49-22-39(23-49)9-10-43-39/h5-6,15-17,26,43,52H,2-4,7-14,18-24H2,1H3/t26-,40+/m1/s1. The van der Waals surface area contributed by atoms with Crippen molar-refractivity contribution in [2.75, 3.05) is 62.2 Å². The van der Waals surface area contributed by atoms with Gasteiger partial charge < -0.3 is 29.9 Å². The summed E-state index contributed by atoms with van der Waals surface area (Å²) in [4.78, 5) is 32.1. The van der Waals surface area contributed by atoms with E-state index in [4.69, 9.17) is 19.8 Å². The summed E-state index contributed by atoms with van der Waals surface area (Å²) < 4.78 is 38.3. The van der Waals surface area contributed by atoms with Gasteiger partial charge in [0.15, 0.2) is 5.69 Å². The van der Waals surface area contributed by atoms with Gasteiger partial charge in [-0.15, -0.1) is 0 Å². The lowest BCUT2D eigenvalue weighted by Gasteiger charge is -2.56. The number of nitrogens with one attached hydrogen (secondary N) is 1. The molecule has 4 fully saturated rings. The summed E-state index contributed by atoms with van der Waals surface area (Å²) in [7, 11) is 0. The third-order valence-electron chi connectivity index (χ3n) is 13.0. The van der Waals surface area contributed by atoms with Gasteiger partial charge in [-0.2, -0.15) is 15.1 Å². The molecule has 4 aromatic rings. The van der Waals surface area contributed by atoms with Crippen LogP contribution in [0.25, 0.3) is 10.8 Å². The van der Waals surface area contributed by atoms with Gasteiger partial charge in [0.2, 0.25) is 0 Å². The van der Waals surface area contributed by atoms with Crippen LogP contribution in [0, 0.1) is 5.82 Å². The minimum atomic E-state index is -0.867. The summed E-state index contributed by atoms with van der Waals surface area (Å²) in [5.74, 6) is 0.645. The van der Waals surface area contributed by atoms with Crippen LogP contribution in [0.15, 0.2) is 30.3 Å². The van der Waals surface area contributed by atoms with E-state index >= 15 is 4.39 Å². The molecule has 12 nitrogen and oxygen atoms in total. The van der Waals surface area contributed by atoms with Gasteiger partial charge in [-0.05, 0) is 80.8 Å². The van der Waals surface area contributed by atoms with Gasteiger partial charge in [-0.25, -0.2) is 8.78 Å². The molecule has 54 heavy (non-hydrogen) atoms. The van der Waals surface area contributed by atoms with Gasteiger partial charge in [0.25, 0.3) is 5.91 Å². The average molecular weight is 740 g/mol. The number of aryl methyl sites for hydroxylation is 2. The number of ether oxygens (including phenoxy) is 1. The SMILES string of the molecule is CCc1c(F)ccc2cc(O)cc(N3CCc4c(nc(OC[C@@]56CCCN5C[C@H](F)C6)nc4N4CCCn5nc(C(=O)N6CC7(CCN7)C6)cc5C4)C3)c12. The number of hydrogen-bond donors (Lipinski definition) is 2. The van der Waals surface area contributed by atoms with Gasteiger partial charge in [0.1, 0.15) is 30.2 Å². The number of likely N-dealkylation sites (tertiary alicyclic amines) is 1. The van der Waals surface area contributed by atoms with E-state index in [1.54, 1.807) is 18.2 Å². The quantitative estimate of drug-likeness (QED) is 0.284. The number of amides is 1. The fourth-order valence-electron chi connectivity index (χ4n) is 10.1. The van der Waals surface area contributed by atoms with Crippen LogP contribution >= 0.6 is 0 Å². The Hall–Kier alpha value is -4.56. The minimum absolute atomic E-state index is 0.0232. The zero-order valence-electron chi connectivity index (χ0n) is 30.8. The van der Waals surface area contributed by atoms with E-state index in [0.29, 0.717) is 69.9 Å². The Balaban J connectivity index is 0.985. The van der Waals surface area contributed by atoms with E-state index in [0.717, 1.165) is 97.6 Å². The van der Waals surface area contributed by atoms with E-state index in [1.165, 1.54) is 6.07 Å². The van der Waals surface area contributed by atoms with Crippen LogP contribution in [0.3, 0.4) is 0 Å². The number of halogens is 2. The molecule has 2 N–H and O–H groups in total. The second-order valence-corrected chi connectivity index (χ2v) is 16.4. The Morgan fingerprint density at radius 2 is 1.93 bits per heavy atom. The van der Waals surface area contributed by atoms with E-state index in [-0.39, 0.29) is 34.6 Å². The number of aromatic nitrogens is 4. The molecule has 6 aliphatic rings. The molecule has 6 aliphatic heterocycles. The molecule has 1 amide bonds. The third kappa shape index (κ3) is 5.58. The van der Waals surface area contributed by atoms with Crippen LogP contribution in [0.4, 0.5) is 20.3 Å². The number of rotatable bonds is 7. The first-order valence-electron chi connectivity index (χ1n) is 19.7. The number of carbonyl (C=O) groups excluding carboxylic acids is 1. The molecule has 0 bridgehead atoms. The second kappa shape index (κ2) is 12.8. The lowest BCUT2D eigenvalue weighted by atomic mass is 9.80. The van der Waals surface area contributed by atoms with Gasteiger partial charge in [-0.1, -0.05) is 13.0 Å². The normalized spacial score (nSPS) is 24.6. The molecule has 0 unspecified atom stereocenters. The second-order valence-electron chi connectivity index (χ2n) is 16.4. The number of phenolic OH excluding ortho intramolecular Hbond substituents is 1. The monoisotopic (exact) mass is 739 g/mol. The van der Waals surface area contributed by atoms with Gasteiger partial charge >= 0.3 is 6.01 Å². The highest BCUT2D eigenvalue weighted by molar-refractivity contribution is 5.98. The number of carbonyl (C=O) groups is 1. The summed E-state index contributed by atoms with van der Waals surface area (Å²) >= 11 is 0. The number of anilines is 2. The first-order valence-corrected chi connectivity index (χ1v) is 19.7. The summed E-state index contributed by atoms with van der Waals surface area (Å²) in [6, 6.07) is 8.81. The van der Waals surface area contributed by atoms with Crippen molar-refractivity contribution in [3.63, 3.8) is 0 Å². The molecule has 10 rings (SSSR count). The maximum atomic E-state index is 15.2. The van der Waals surface area contributed by atoms with Crippen molar-refractivity contribution in [3.05, 3.63) is 64.4 Å². The molecule has 2 atom stereocenters. The lowest BCUT2D eigenvalue weighted by Crippen LogP contribution is -2.76. The van der Waals surface area contributed by atoms with Gasteiger partial charge in [-0.3, -0.25) is 14.4 Å². The van der Waals surface area contributed by atoms with Crippen LogP contribution in [0.1, 0.15) is 72.0 Å². The zero-order chi connectivity index (χ0) is 36.8. The van der Waals surface area contributed by atoms with Crippen LogP contribution in [0.5, 0.6) is 11.8 Å². The number of alkyl halides is 1. The molecule has 0 aliphatic carbocycles. The van der Waals surface area contributed by atoms with Crippen LogP contribution < -0.4 is 19.9 Å². The number of hydrogen-bond acceptors (Lipinski definition) is 10. The largest absolute Gasteiger partial charge is 0.508 e. The van der Waals surface area contributed by atoms with Crippen LogP contribution in [-0.4, -0.2) is 110 Å². The third-order valence-corrected chi connectivity index (χ3v) is 13.0. The number of phenols is 1. The van der Waals surface area contributed by atoms with Crippen molar-refractivity contribution in [1.29, 1.82) is 0 Å². The van der Waals surface area contributed by atoms with E-state index in [9.17, 15) is 14.3 Å². The summed E-state index contributed by atoms with van der Waals surface area (Å²) in [6.45, 7) is 9.02. The predicted octanol–water partition coefficient (Wildman–Crippen LogP) is 4.35. The smallest absolute Gasteiger partial charge is 0.318 e. The molecule has 4 saturated heterocycles. The molecule has 8 heterocycles. The van der Waals surface area contributed by atoms with Crippen molar-refractivity contribution < 1.29 is 23.4 Å². The molecular formula is C40H47F2N9O3. The van der Waals surface area contributed by atoms with Gasteiger partial charge in [0.05, 0.1) is 35.6 Å². The fourth-order valence-corrected chi connectivity index (χ4v) is 10.1. The highest BCUT2D eigenvalue weighted by Crippen LogP contribution is 2.42. The summed E-state index contributed by atoms with van der Waals surface area (Å²) in [5.41, 5.74) is 4.42. The van der Waals surface area contributed by atoms with E-state index < -0.39 is 6.17 Å². The van der Waals surface area contributed by atoms with E-state index in [1.807, 2.05) is 22.6 Å². The first kappa shape index (κ1) is 34.0. The van der Waals surface area contributed by atoms with Crippen molar-refractivity contribution >= 4 is 28.2 Å².